The molecule has 0 saturated heterocycles. The van der Waals surface area contributed by atoms with Crippen LogP contribution in [0.15, 0.2) is 51.9 Å². The minimum Gasteiger partial charge on any atom is -0.502 e. The predicted octanol–water partition coefficient (Wildman–Crippen LogP) is 8.03. The Hall–Kier alpha value is -3.71. The fourth-order valence-electron chi connectivity index (χ4n) is 4.17. The van der Waals surface area contributed by atoms with E-state index in [1.54, 1.807) is 19.1 Å². The van der Waals surface area contributed by atoms with Crippen LogP contribution in [0.3, 0.4) is 0 Å². The zero-order valence-corrected chi connectivity index (χ0v) is 20.8. The number of nitro groups is 1. The Morgan fingerprint density at radius 3 is 2.57 bits per heavy atom. The number of aromatic nitrogens is 1. The van der Waals surface area contributed by atoms with Crippen LogP contribution in [-0.4, -0.2) is 21.2 Å². The van der Waals surface area contributed by atoms with Gasteiger partial charge < -0.3 is 9.52 Å². The van der Waals surface area contributed by atoms with Gasteiger partial charge in [0.2, 0.25) is 11.6 Å². The number of nitrogens with zero attached hydrogens (tertiary/aromatic N) is 3. The van der Waals surface area contributed by atoms with Gasteiger partial charge in [-0.1, -0.05) is 37.9 Å². The molecule has 0 fully saturated rings. The lowest BCUT2D eigenvalue weighted by Gasteiger charge is -2.10. The van der Waals surface area contributed by atoms with Gasteiger partial charge >= 0.3 is 5.69 Å². The summed E-state index contributed by atoms with van der Waals surface area (Å²) in [6, 6.07) is 13.4. The fraction of sp³-hybridized carbons (Fsp3) is 0.259. The number of benzene rings is 3. The van der Waals surface area contributed by atoms with Crippen LogP contribution < -0.4 is 0 Å². The average Bonchev–Trinajstić information content (AvgIpc) is 3.26. The second-order valence-corrected chi connectivity index (χ2v) is 9.05. The van der Waals surface area contributed by atoms with Crippen LogP contribution in [0, 0.1) is 24.0 Å². The van der Waals surface area contributed by atoms with E-state index in [2.05, 4.69) is 36.0 Å². The van der Waals surface area contributed by atoms with Crippen LogP contribution >= 0.6 is 11.6 Å². The van der Waals surface area contributed by atoms with E-state index >= 15 is 0 Å². The minimum atomic E-state index is -0.643. The zero-order valence-electron chi connectivity index (χ0n) is 20.0. The molecule has 7 nitrogen and oxygen atoms in total. The van der Waals surface area contributed by atoms with E-state index in [-0.39, 0.29) is 16.1 Å². The highest BCUT2D eigenvalue weighted by atomic mass is 35.5. The Kier molecular flexibility index (Phi) is 6.89. The summed E-state index contributed by atoms with van der Waals surface area (Å²) in [4.78, 5) is 19.8. The molecular weight excluding hydrogens is 466 g/mol. The van der Waals surface area contributed by atoms with Gasteiger partial charge in [-0.15, -0.1) is 0 Å². The summed E-state index contributed by atoms with van der Waals surface area (Å²) in [6.07, 6.45) is 3.64. The summed E-state index contributed by atoms with van der Waals surface area (Å²) in [6.45, 7) is 7.59. The number of oxazole rings is 1. The first kappa shape index (κ1) is 24.4. The van der Waals surface area contributed by atoms with Crippen molar-refractivity contribution >= 4 is 40.3 Å². The number of hydrogen-bond acceptors (Lipinski definition) is 6. The molecule has 1 N–H and O–H groups in total. The molecule has 8 heteroatoms. The normalized spacial score (nSPS) is 12.5. The van der Waals surface area contributed by atoms with Gasteiger partial charge in [0.25, 0.3) is 0 Å². The van der Waals surface area contributed by atoms with Crippen LogP contribution in [0.25, 0.3) is 22.6 Å². The number of hydrogen-bond donors (Lipinski definition) is 1. The third-order valence-electron chi connectivity index (χ3n) is 6.24. The number of aromatic hydroxyl groups is 1. The number of aliphatic imine (C=N–C) groups is 1. The number of rotatable bonds is 7. The Labute approximate surface area is 208 Å². The Morgan fingerprint density at radius 2 is 1.91 bits per heavy atom. The van der Waals surface area contributed by atoms with Crippen molar-refractivity contribution in [1.29, 1.82) is 0 Å². The lowest BCUT2D eigenvalue weighted by atomic mass is 9.96. The van der Waals surface area contributed by atoms with Crippen LogP contribution in [0.2, 0.25) is 5.02 Å². The van der Waals surface area contributed by atoms with Crippen LogP contribution in [-0.2, 0) is 0 Å². The lowest BCUT2D eigenvalue weighted by molar-refractivity contribution is -0.386. The number of fused-ring (bicyclic) bond motifs is 1. The smallest absolute Gasteiger partial charge is 0.315 e. The summed E-state index contributed by atoms with van der Waals surface area (Å²) in [5.41, 5.74) is 4.74. The molecule has 0 spiro atoms. The quantitative estimate of drug-likeness (QED) is 0.160. The van der Waals surface area contributed by atoms with E-state index in [1.165, 1.54) is 18.7 Å². The van der Waals surface area contributed by atoms with Crippen LogP contribution in [0.5, 0.6) is 5.75 Å². The van der Waals surface area contributed by atoms with E-state index in [9.17, 15) is 15.2 Å². The molecule has 0 aliphatic rings. The molecule has 35 heavy (non-hydrogen) atoms. The van der Waals surface area contributed by atoms with Crippen LogP contribution in [0.1, 0.15) is 54.9 Å². The van der Waals surface area contributed by atoms with Crippen molar-refractivity contribution in [2.24, 2.45) is 4.99 Å². The Balaban J connectivity index is 1.61. The molecule has 4 rings (SSSR count). The molecule has 0 aliphatic carbocycles. The van der Waals surface area contributed by atoms with E-state index in [0.29, 0.717) is 23.1 Å². The summed E-state index contributed by atoms with van der Waals surface area (Å²) in [7, 11) is 0. The molecule has 0 bridgehead atoms. The third kappa shape index (κ3) is 4.77. The first-order valence-corrected chi connectivity index (χ1v) is 11.8. The third-order valence-corrected chi connectivity index (χ3v) is 6.81. The highest BCUT2D eigenvalue weighted by molar-refractivity contribution is 6.33. The van der Waals surface area contributed by atoms with Gasteiger partial charge in [-0.2, -0.15) is 0 Å². The van der Waals surface area contributed by atoms with Gasteiger partial charge in [0, 0.05) is 22.9 Å². The summed E-state index contributed by atoms with van der Waals surface area (Å²) in [5.74, 6) is 0.536. The van der Waals surface area contributed by atoms with Crippen molar-refractivity contribution in [1.82, 2.24) is 4.98 Å². The zero-order chi connectivity index (χ0) is 25.3. The average molecular weight is 492 g/mol. The Bertz CT molecular complexity index is 1440. The molecule has 1 atom stereocenters. The second-order valence-electron chi connectivity index (χ2n) is 8.67. The number of halogens is 1. The Morgan fingerprint density at radius 1 is 1.20 bits per heavy atom. The summed E-state index contributed by atoms with van der Waals surface area (Å²) >= 11 is 6.26. The molecule has 0 saturated carbocycles. The molecule has 180 valence electrons. The maximum absolute atomic E-state index is 11.4. The monoisotopic (exact) mass is 491 g/mol. The van der Waals surface area contributed by atoms with Gasteiger partial charge in [-0.25, -0.2) is 4.98 Å². The summed E-state index contributed by atoms with van der Waals surface area (Å²) in [5, 5.41) is 22.1. The first-order valence-electron chi connectivity index (χ1n) is 11.4. The van der Waals surface area contributed by atoms with Gasteiger partial charge in [-0.05, 0) is 73.7 Å². The predicted molar refractivity (Wildman–Crippen MR) is 139 cm³/mol. The molecular formula is C27H26ClN3O4. The molecule has 1 heterocycles. The standard InChI is InChI=1S/C27H26ClN3O4/c1-5-6-15(2)19-9-12-23-22(13-19)30-27(35-23)18-7-10-20(11-8-18)29-14-21-16(3)24(28)17(4)25(26(21)32)31(33)34/h7-15,32H,5-6H2,1-4H3/t15-/m0/s1. The van der Waals surface area contributed by atoms with Crippen molar-refractivity contribution in [3.05, 3.63) is 79.9 Å². The van der Waals surface area contributed by atoms with Crippen molar-refractivity contribution in [2.75, 3.05) is 0 Å². The van der Waals surface area contributed by atoms with Crippen LogP contribution in [0.4, 0.5) is 11.4 Å². The highest BCUT2D eigenvalue weighted by Gasteiger charge is 2.25. The minimum absolute atomic E-state index is 0.212. The molecule has 1 aromatic heterocycles. The fourth-order valence-corrected chi connectivity index (χ4v) is 4.36. The highest BCUT2D eigenvalue weighted by Crippen LogP contribution is 2.40. The van der Waals surface area contributed by atoms with E-state index in [1.807, 2.05) is 18.2 Å². The topological polar surface area (TPSA) is 102 Å². The van der Waals surface area contributed by atoms with Gasteiger partial charge in [-0.3, -0.25) is 15.1 Å². The van der Waals surface area contributed by atoms with Crippen molar-refractivity contribution in [3.63, 3.8) is 0 Å². The number of nitro benzene ring substituents is 1. The maximum Gasteiger partial charge on any atom is 0.315 e. The SMILES string of the molecule is CCC[C@H](C)c1ccc2oc(-c3ccc(N=Cc4c(C)c(Cl)c(C)c([N+](=O)[O-])c4O)cc3)nc2c1. The molecule has 4 aromatic rings. The van der Waals surface area contributed by atoms with Crippen molar-refractivity contribution in [3.8, 4) is 17.2 Å². The lowest BCUT2D eigenvalue weighted by Crippen LogP contribution is -1.99. The first-order chi connectivity index (χ1) is 16.7. The van der Waals surface area contributed by atoms with Gasteiger partial charge in [0.1, 0.15) is 5.52 Å². The largest absolute Gasteiger partial charge is 0.502 e. The molecule has 0 amide bonds. The van der Waals surface area contributed by atoms with E-state index < -0.39 is 16.4 Å². The second kappa shape index (κ2) is 9.88. The molecule has 0 aliphatic heterocycles. The molecule has 3 aromatic carbocycles. The van der Waals surface area contributed by atoms with Gasteiger partial charge in [0.15, 0.2) is 5.58 Å². The summed E-state index contributed by atoms with van der Waals surface area (Å²) < 4.78 is 5.95. The van der Waals surface area contributed by atoms with E-state index in [4.69, 9.17) is 16.0 Å². The number of phenolic OH excluding ortho intramolecular Hbond substituents is 1. The maximum atomic E-state index is 11.4. The number of phenols is 1. The van der Waals surface area contributed by atoms with Gasteiger partial charge in [0.05, 0.1) is 15.6 Å². The van der Waals surface area contributed by atoms with Crippen molar-refractivity contribution < 1.29 is 14.4 Å². The van der Waals surface area contributed by atoms with Crippen molar-refractivity contribution in [2.45, 2.75) is 46.5 Å². The molecule has 0 unspecified atom stereocenters. The molecule has 0 radical (unpaired) electrons. The van der Waals surface area contributed by atoms with E-state index in [0.717, 1.165) is 29.5 Å².